The molecule has 0 spiro atoms. The highest BCUT2D eigenvalue weighted by atomic mass is 32.2. The number of H-pyrrole nitrogens is 1. The van der Waals surface area contributed by atoms with E-state index in [2.05, 4.69) is 15.2 Å². The van der Waals surface area contributed by atoms with E-state index >= 15 is 0 Å². The molecule has 0 aromatic carbocycles. The molecule has 80 valence electrons. The zero-order valence-corrected chi connectivity index (χ0v) is 8.91. The number of hydrogen-bond donors (Lipinski definition) is 2. The normalized spacial score (nSPS) is 11.1. The highest BCUT2D eigenvalue weighted by Crippen LogP contribution is 2.16. The lowest BCUT2D eigenvalue weighted by atomic mass is 10.5. The fourth-order valence-corrected chi connectivity index (χ4v) is 1.98. The van der Waals surface area contributed by atoms with Crippen molar-refractivity contribution in [2.75, 3.05) is 12.4 Å². The van der Waals surface area contributed by atoms with Crippen LogP contribution >= 0.6 is 11.8 Å². The molecule has 2 N–H and O–H groups in total. The summed E-state index contributed by atoms with van der Waals surface area (Å²) >= 11 is 1.43. The quantitative estimate of drug-likeness (QED) is 0.560. The van der Waals surface area contributed by atoms with Crippen molar-refractivity contribution in [3.63, 3.8) is 0 Å². The fourth-order valence-electron chi connectivity index (χ4n) is 1.30. The van der Waals surface area contributed by atoms with E-state index in [-0.39, 0.29) is 12.3 Å². The van der Waals surface area contributed by atoms with Crippen LogP contribution in [0.2, 0.25) is 0 Å². The van der Waals surface area contributed by atoms with Crippen LogP contribution in [0, 0.1) is 6.92 Å². The van der Waals surface area contributed by atoms with Crippen molar-refractivity contribution in [2.45, 2.75) is 11.9 Å². The monoisotopic (exact) mass is 226 g/mol. The molecule has 0 saturated heterocycles. The first kappa shape index (κ1) is 10.2. The molecule has 0 aliphatic heterocycles. The summed E-state index contributed by atoms with van der Waals surface area (Å²) in [7, 11) is 0. The van der Waals surface area contributed by atoms with Gasteiger partial charge < -0.3 is 5.11 Å². The summed E-state index contributed by atoms with van der Waals surface area (Å²) in [6, 6.07) is 1.71. The molecule has 6 nitrogen and oxygen atoms in total. The van der Waals surface area contributed by atoms with E-state index in [1.165, 1.54) is 16.2 Å². The summed E-state index contributed by atoms with van der Waals surface area (Å²) in [5.74, 6) is 1.17. The topological polar surface area (TPSA) is 83.3 Å². The molecule has 2 rings (SSSR count). The highest BCUT2D eigenvalue weighted by molar-refractivity contribution is 7.99. The van der Waals surface area contributed by atoms with Gasteiger partial charge in [0.15, 0.2) is 5.65 Å². The van der Waals surface area contributed by atoms with Gasteiger partial charge in [-0.15, -0.1) is 11.8 Å². The third kappa shape index (κ3) is 1.88. The number of fused-ring (bicyclic) bond motifs is 1. The number of rotatable bonds is 3. The van der Waals surface area contributed by atoms with Crippen molar-refractivity contribution >= 4 is 17.4 Å². The molecule has 0 fully saturated rings. The molecule has 2 aromatic heterocycles. The molecule has 0 atom stereocenters. The third-order valence-corrected chi connectivity index (χ3v) is 2.78. The molecule has 2 aromatic rings. The van der Waals surface area contributed by atoms with Crippen LogP contribution in [0.15, 0.2) is 15.9 Å². The highest BCUT2D eigenvalue weighted by Gasteiger charge is 2.06. The van der Waals surface area contributed by atoms with Crippen LogP contribution in [0.25, 0.3) is 5.65 Å². The Bertz CT molecular complexity index is 533. The fraction of sp³-hybridized carbons (Fsp3) is 0.375. The predicted octanol–water partition coefficient (Wildman–Crippen LogP) is -0.190. The predicted molar refractivity (Wildman–Crippen MR) is 56.2 cm³/mol. The summed E-state index contributed by atoms with van der Waals surface area (Å²) in [5.41, 5.74) is 0.265. The van der Waals surface area contributed by atoms with Crippen LogP contribution in [-0.4, -0.2) is 37.0 Å². The average Bonchev–Trinajstić information content (AvgIpc) is 2.58. The molecule has 2 heterocycles. The van der Waals surface area contributed by atoms with E-state index in [0.717, 1.165) is 5.03 Å². The summed E-state index contributed by atoms with van der Waals surface area (Å²) < 4.78 is 1.41. The number of hydrogen-bond acceptors (Lipinski definition) is 5. The van der Waals surface area contributed by atoms with Gasteiger partial charge in [-0.2, -0.15) is 5.10 Å². The number of thioether (sulfide) groups is 1. The lowest BCUT2D eigenvalue weighted by Crippen LogP contribution is -2.13. The van der Waals surface area contributed by atoms with Gasteiger partial charge in [-0.1, -0.05) is 0 Å². The minimum absolute atomic E-state index is 0.101. The Labute approximate surface area is 89.4 Å². The summed E-state index contributed by atoms with van der Waals surface area (Å²) in [4.78, 5) is 15.5. The van der Waals surface area contributed by atoms with E-state index in [1.807, 2.05) is 0 Å². The Morgan fingerprint density at radius 2 is 2.47 bits per heavy atom. The van der Waals surface area contributed by atoms with E-state index in [0.29, 0.717) is 17.2 Å². The second-order valence-electron chi connectivity index (χ2n) is 2.94. The Morgan fingerprint density at radius 3 is 3.20 bits per heavy atom. The van der Waals surface area contributed by atoms with Gasteiger partial charge >= 0.3 is 5.69 Å². The average molecular weight is 226 g/mol. The minimum Gasteiger partial charge on any atom is -0.396 e. The Hall–Kier alpha value is -1.34. The van der Waals surface area contributed by atoms with Gasteiger partial charge in [-0.3, -0.25) is 0 Å². The molecule has 0 radical (unpaired) electrons. The number of aromatic amines is 1. The van der Waals surface area contributed by atoms with Gasteiger partial charge in [0.1, 0.15) is 10.9 Å². The van der Waals surface area contributed by atoms with Gasteiger partial charge in [0, 0.05) is 11.8 Å². The van der Waals surface area contributed by atoms with E-state index < -0.39 is 0 Å². The maximum atomic E-state index is 11.3. The lowest BCUT2D eigenvalue weighted by molar-refractivity contribution is 0.322. The van der Waals surface area contributed by atoms with Crippen molar-refractivity contribution in [2.24, 2.45) is 0 Å². The van der Waals surface area contributed by atoms with E-state index in [4.69, 9.17) is 5.11 Å². The minimum atomic E-state index is -0.284. The van der Waals surface area contributed by atoms with Crippen LogP contribution in [-0.2, 0) is 0 Å². The van der Waals surface area contributed by atoms with Crippen molar-refractivity contribution in [1.82, 2.24) is 19.6 Å². The van der Waals surface area contributed by atoms with Gasteiger partial charge in [-0.05, 0) is 6.92 Å². The molecule has 15 heavy (non-hydrogen) atoms. The Balaban J connectivity index is 2.49. The standard InChI is InChI=1S/C8H10N4O2S/c1-5-9-7(15-3-2-13)4-6-10-11-8(14)12(5)6/h4,13H,2-3H2,1H3,(H,11,14). The first-order valence-corrected chi connectivity index (χ1v) is 5.39. The van der Waals surface area contributed by atoms with Gasteiger partial charge in [-0.25, -0.2) is 19.3 Å². The van der Waals surface area contributed by atoms with Crippen LogP contribution in [0.5, 0.6) is 0 Å². The largest absolute Gasteiger partial charge is 0.396 e. The molecule has 7 heteroatoms. The van der Waals surface area contributed by atoms with Crippen molar-refractivity contribution in [3.05, 3.63) is 22.4 Å². The SMILES string of the molecule is Cc1nc(SCCO)cc2n[nH]c(=O)n12. The van der Waals surface area contributed by atoms with E-state index in [9.17, 15) is 4.79 Å². The first-order valence-electron chi connectivity index (χ1n) is 4.41. The first-order chi connectivity index (χ1) is 7.22. The van der Waals surface area contributed by atoms with Crippen LogP contribution < -0.4 is 5.69 Å². The molecular weight excluding hydrogens is 216 g/mol. The van der Waals surface area contributed by atoms with Crippen LogP contribution in [0.3, 0.4) is 0 Å². The molecule has 0 saturated carbocycles. The molecule has 0 aliphatic carbocycles. The smallest absolute Gasteiger partial charge is 0.349 e. The molecule has 0 unspecified atom stereocenters. The third-order valence-electron chi connectivity index (χ3n) is 1.89. The van der Waals surface area contributed by atoms with Crippen molar-refractivity contribution in [1.29, 1.82) is 0 Å². The maximum absolute atomic E-state index is 11.3. The summed E-state index contributed by atoms with van der Waals surface area (Å²) in [5, 5.41) is 15.7. The van der Waals surface area contributed by atoms with Gasteiger partial charge in [0.05, 0.1) is 6.61 Å². The molecule has 0 bridgehead atoms. The van der Waals surface area contributed by atoms with Crippen molar-refractivity contribution < 1.29 is 5.11 Å². The zero-order valence-electron chi connectivity index (χ0n) is 8.10. The van der Waals surface area contributed by atoms with Gasteiger partial charge in [0.2, 0.25) is 0 Å². The Kier molecular flexibility index (Phi) is 2.74. The summed E-state index contributed by atoms with van der Waals surface area (Å²) in [6.07, 6.45) is 0. The van der Waals surface area contributed by atoms with Crippen LogP contribution in [0.1, 0.15) is 5.82 Å². The maximum Gasteiger partial charge on any atom is 0.349 e. The number of aliphatic hydroxyl groups excluding tert-OH is 1. The van der Waals surface area contributed by atoms with Crippen molar-refractivity contribution in [3.8, 4) is 0 Å². The second-order valence-corrected chi connectivity index (χ2v) is 4.05. The molecule has 0 aliphatic rings. The number of aromatic nitrogens is 4. The summed E-state index contributed by atoms with van der Waals surface area (Å²) in [6.45, 7) is 1.84. The van der Waals surface area contributed by atoms with Gasteiger partial charge in [0.25, 0.3) is 0 Å². The second kappa shape index (κ2) is 4.03. The van der Waals surface area contributed by atoms with E-state index in [1.54, 1.807) is 13.0 Å². The Morgan fingerprint density at radius 1 is 1.67 bits per heavy atom. The number of nitrogens with one attached hydrogen (secondary N) is 1. The number of aryl methyl sites for hydroxylation is 1. The molecular formula is C8H10N4O2S. The number of aliphatic hydroxyl groups is 1. The number of nitrogens with zero attached hydrogens (tertiary/aromatic N) is 3. The molecule has 0 amide bonds. The van der Waals surface area contributed by atoms with Crippen LogP contribution in [0.4, 0.5) is 0 Å². The lowest BCUT2D eigenvalue weighted by Gasteiger charge is -2.01. The zero-order chi connectivity index (χ0) is 10.8.